The van der Waals surface area contributed by atoms with Crippen molar-refractivity contribution in [2.24, 2.45) is 0 Å². The second-order valence-corrected chi connectivity index (χ2v) is 14.2. The van der Waals surface area contributed by atoms with Crippen LogP contribution in [0.15, 0.2) is 0 Å². The summed E-state index contributed by atoms with van der Waals surface area (Å²) in [5, 5.41) is 0. The zero-order valence-corrected chi connectivity index (χ0v) is 11.6. The minimum atomic E-state index is -0.793. The van der Waals surface area contributed by atoms with Gasteiger partial charge in [-0.2, -0.15) is 0 Å². The first-order valence-corrected chi connectivity index (χ1v) is 10.6. The standard InChI is InChI=1S/C7H18Cl2Si2/c1-11(2,3)6-4-5-10-7(8)9/h7H,4-6,10H2,1-3H3. The maximum absolute atomic E-state index is 5.67. The Hall–Kier alpha value is 1.01. The molecule has 0 rings (SSSR count). The first kappa shape index (κ1) is 12.0. The van der Waals surface area contributed by atoms with Gasteiger partial charge in [-0.25, -0.2) is 0 Å². The van der Waals surface area contributed by atoms with Crippen LogP contribution in [-0.2, 0) is 0 Å². The summed E-state index contributed by atoms with van der Waals surface area (Å²) in [7, 11) is -0.963. The normalized spacial score (nSPS) is 13.6. The topological polar surface area (TPSA) is 0 Å². The Morgan fingerprint density at radius 3 is 2.18 bits per heavy atom. The van der Waals surface area contributed by atoms with Gasteiger partial charge in [0.1, 0.15) is 0 Å². The Morgan fingerprint density at radius 2 is 1.82 bits per heavy atom. The molecule has 0 radical (unpaired) electrons. The molecular formula is C7H18Cl2Si2. The average Bonchev–Trinajstić information content (AvgIpc) is 1.78. The Kier molecular flexibility index (Phi) is 6.14. The Morgan fingerprint density at radius 1 is 1.27 bits per heavy atom. The minimum absolute atomic E-state index is 0.0170. The fourth-order valence-electron chi connectivity index (χ4n) is 0.954. The van der Waals surface area contributed by atoms with Crippen molar-refractivity contribution in [3.8, 4) is 0 Å². The lowest BCUT2D eigenvalue weighted by Gasteiger charge is -2.14. The van der Waals surface area contributed by atoms with E-state index in [0.29, 0.717) is 0 Å². The second kappa shape index (κ2) is 5.62. The number of halogens is 2. The van der Waals surface area contributed by atoms with Crippen molar-refractivity contribution < 1.29 is 0 Å². The first-order chi connectivity index (χ1) is 4.92. The van der Waals surface area contributed by atoms with Crippen LogP contribution in [0.4, 0.5) is 0 Å². The van der Waals surface area contributed by atoms with Crippen molar-refractivity contribution in [3.63, 3.8) is 0 Å². The van der Waals surface area contributed by atoms with Crippen LogP contribution in [-0.4, -0.2) is 22.1 Å². The van der Waals surface area contributed by atoms with E-state index in [1.54, 1.807) is 0 Å². The van der Waals surface area contributed by atoms with Crippen LogP contribution in [0.5, 0.6) is 0 Å². The highest BCUT2D eigenvalue weighted by molar-refractivity contribution is 6.76. The van der Waals surface area contributed by atoms with Crippen LogP contribution < -0.4 is 0 Å². The van der Waals surface area contributed by atoms with Crippen molar-refractivity contribution in [1.82, 2.24) is 0 Å². The highest BCUT2D eigenvalue weighted by Gasteiger charge is 2.11. The molecule has 0 unspecified atom stereocenters. The molecule has 0 N–H and O–H groups in total. The van der Waals surface area contributed by atoms with E-state index >= 15 is 0 Å². The lowest BCUT2D eigenvalue weighted by atomic mass is 10.6. The molecule has 68 valence electrons. The molecular weight excluding hydrogens is 211 g/mol. The quantitative estimate of drug-likeness (QED) is 0.386. The number of rotatable bonds is 5. The molecule has 0 amide bonds. The molecule has 4 heteroatoms. The van der Waals surface area contributed by atoms with Gasteiger partial charge in [-0.15, -0.1) is 23.2 Å². The summed E-state index contributed by atoms with van der Waals surface area (Å²) >= 11 is 11.3. The predicted molar refractivity (Wildman–Crippen MR) is 61.6 cm³/mol. The van der Waals surface area contributed by atoms with Gasteiger partial charge in [0.2, 0.25) is 0 Å². The van der Waals surface area contributed by atoms with Crippen molar-refractivity contribution in [2.75, 3.05) is 0 Å². The van der Waals surface area contributed by atoms with Gasteiger partial charge in [0.25, 0.3) is 0 Å². The van der Waals surface area contributed by atoms with Crippen molar-refractivity contribution in [2.45, 2.75) is 42.6 Å². The molecule has 11 heavy (non-hydrogen) atoms. The summed E-state index contributed by atoms with van der Waals surface area (Å²) in [5.41, 5.74) is 0. The summed E-state index contributed by atoms with van der Waals surface area (Å²) < 4.78 is -0.0170. The van der Waals surface area contributed by atoms with E-state index in [4.69, 9.17) is 23.2 Å². The Labute approximate surface area is 83.5 Å². The van der Waals surface area contributed by atoms with Gasteiger partial charge in [0, 0.05) is 8.07 Å². The van der Waals surface area contributed by atoms with Gasteiger partial charge in [0.15, 0.2) is 0 Å². The average molecular weight is 229 g/mol. The highest BCUT2D eigenvalue weighted by Crippen LogP contribution is 2.14. The first-order valence-electron chi connectivity index (χ1n) is 4.20. The molecule has 0 saturated heterocycles. The minimum Gasteiger partial charge on any atom is -0.110 e. The largest absolute Gasteiger partial charge is 0.110 e. The van der Waals surface area contributed by atoms with Crippen LogP contribution in [0.1, 0.15) is 6.42 Å². The number of alkyl halides is 2. The fourth-order valence-corrected chi connectivity index (χ4v) is 4.54. The third-order valence-corrected chi connectivity index (χ3v) is 6.11. The highest BCUT2D eigenvalue weighted by atomic mass is 35.5. The SMILES string of the molecule is C[Si](C)(C)CCC[SiH2]C(Cl)Cl. The Bertz CT molecular complexity index is 99.1. The Balaban J connectivity index is 3.15. The molecule has 0 aromatic carbocycles. The van der Waals surface area contributed by atoms with Gasteiger partial charge < -0.3 is 0 Å². The molecule has 0 heterocycles. The van der Waals surface area contributed by atoms with E-state index in [0.717, 1.165) is 0 Å². The summed E-state index contributed by atoms with van der Waals surface area (Å²) in [6.45, 7) is 7.23. The molecule has 0 spiro atoms. The second-order valence-electron chi connectivity index (χ2n) is 4.20. The summed E-state index contributed by atoms with van der Waals surface area (Å²) in [5.74, 6) is 0. The maximum Gasteiger partial charge on any atom is 0.0908 e. The molecule has 0 aliphatic rings. The van der Waals surface area contributed by atoms with Crippen molar-refractivity contribution in [1.29, 1.82) is 0 Å². The lowest BCUT2D eigenvalue weighted by Crippen LogP contribution is -2.19. The van der Waals surface area contributed by atoms with E-state index in [9.17, 15) is 0 Å². The molecule has 0 saturated carbocycles. The molecule has 0 aliphatic heterocycles. The smallest absolute Gasteiger partial charge is 0.0908 e. The molecule has 0 fully saturated rings. The molecule has 0 bridgehead atoms. The molecule has 0 atom stereocenters. The number of hydrogen-bond acceptors (Lipinski definition) is 0. The molecule has 0 aliphatic carbocycles. The van der Waals surface area contributed by atoms with Crippen LogP contribution in [0.25, 0.3) is 0 Å². The van der Waals surface area contributed by atoms with E-state index < -0.39 is 8.07 Å². The number of hydrogen-bond donors (Lipinski definition) is 0. The zero-order valence-electron chi connectivity index (χ0n) is 7.66. The molecule has 0 aromatic rings. The molecule has 0 aromatic heterocycles. The van der Waals surface area contributed by atoms with Gasteiger partial charge in [-0.1, -0.05) is 38.2 Å². The van der Waals surface area contributed by atoms with Gasteiger partial charge in [-0.05, 0) is 0 Å². The monoisotopic (exact) mass is 228 g/mol. The summed E-state index contributed by atoms with van der Waals surface area (Å²) in [6.07, 6.45) is 1.36. The van der Waals surface area contributed by atoms with E-state index in [1.807, 2.05) is 0 Å². The van der Waals surface area contributed by atoms with Crippen LogP contribution >= 0.6 is 23.2 Å². The maximum atomic E-state index is 5.67. The van der Waals surface area contributed by atoms with E-state index in [2.05, 4.69) is 19.6 Å². The van der Waals surface area contributed by atoms with Gasteiger partial charge in [-0.3, -0.25) is 0 Å². The lowest BCUT2D eigenvalue weighted by molar-refractivity contribution is 1.03. The van der Waals surface area contributed by atoms with Gasteiger partial charge >= 0.3 is 0 Å². The zero-order chi connectivity index (χ0) is 8.91. The van der Waals surface area contributed by atoms with Crippen LogP contribution in [0.3, 0.4) is 0 Å². The van der Waals surface area contributed by atoms with Crippen molar-refractivity contribution >= 4 is 40.8 Å². The third kappa shape index (κ3) is 11.0. The summed E-state index contributed by atoms with van der Waals surface area (Å²) in [6, 6.07) is 2.75. The van der Waals surface area contributed by atoms with Gasteiger partial charge in [0.05, 0.1) is 14.0 Å². The van der Waals surface area contributed by atoms with E-state index in [-0.39, 0.29) is 14.0 Å². The van der Waals surface area contributed by atoms with E-state index in [1.165, 1.54) is 18.5 Å². The van der Waals surface area contributed by atoms with Crippen molar-refractivity contribution in [3.05, 3.63) is 0 Å². The fraction of sp³-hybridized carbons (Fsp3) is 1.00. The van der Waals surface area contributed by atoms with Crippen LogP contribution in [0.2, 0.25) is 31.7 Å². The molecule has 0 nitrogen and oxygen atoms in total. The third-order valence-electron chi connectivity index (χ3n) is 1.60. The van der Waals surface area contributed by atoms with Crippen LogP contribution in [0, 0.1) is 0 Å². The predicted octanol–water partition coefficient (Wildman–Crippen LogP) is 3.06. The summed E-state index contributed by atoms with van der Waals surface area (Å²) in [4.78, 5) is 0.